The molecule has 7 heteroatoms. The lowest BCUT2D eigenvalue weighted by Crippen LogP contribution is -3.14. The van der Waals surface area contributed by atoms with E-state index in [1.807, 2.05) is 36.2 Å². The summed E-state index contributed by atoms with van der Waals surface area (Å²) in [4.78, 5) is 16.7. The van der Waals surface area contributed by atoms with E-state index >= 15 is 0 Å². The second-order valence-electron chi connectivity index (χ2n) is 7.73. The van der Waals surface area contributed by atoms with Crippen LogP contribution in [0.2, 0.25) is 5.02 Å². The zero-order valence-corrected chi connectivity index (χ0v) is 18.2. The minimum atomic E-state index is -0.768. The van der Waals surface area contributed by atoms with Gasteiger partial charge >= 0.3 is 0 Å². The van der Waals surface area contributed by atoms with Gasteiger partial charge in [0.2, 0.25) is 0 Å². The summed E-state index contributed by atoms with van der Waals surface area (Å²) < 4.78 is 5.41. The summed E-state index contributed by atoms with van der Waals surface area (Å²) in [6.07, 6.45) is 4.27. The Morgan fingerprint density at radius 2 is 2.07 bits per heavy atom. The second-order valence-corrected chi connectivity index (χ2v) is 8.52. The molecule has 1 aliphatic carbocycles. The van der Waals surface area contributed by atoms with Gasteiger partial charge in [0.05, 0.1) is 19.8 Å². The second kappa shape index (κ2) is 10.0. The number of Topliss-reactive ketones (excluding diaryl/α,β-unsaturated/α-hetero) is 1. The molecule has 154 valence electrons. The highest BCUT2D eigenvalue weighted by molar-refractivity contribution is 7.80. The molecule has 3 rings (SSSR count). The molecule has 0 aromatic heterocycles. The molecule has 28 heavy (non-hydrogen) atoms. The molecule has 2 aliphatic rings. The Balaban J connectivity index is 1.65. The number of benzene rings is 1. The standard InChI is InChI=1S/C21H30ClN3O2S/c1-24(20(28)23-11-6-12-25-13-15-27-16-14-25)21(10-5-4-9-19(21)26)17-7-2-3-8-18(17)22/h2-3,7-8H,4-6,9-16H2,1H3,(H,23,28)/p+1/t21-/m0/s1. The van der Waals surface area contributed by atoms with Crippen molar-refractivity contribution in [2.75, 3.05) is 46.4 Å². The number of carbonyl (C=O) groups excluding carboxylic acids is 1. The number of thiocarbonyl (C=S) groups is 1. The zero-order valence-electron chi connectivity index (χ0n) is 16.6. The third-order valence-corrected chi connectivity index (χ3v) is 6.78. The first-order chi connectivity index (χ1) is 13.6. The van der Waals surface area contributed by atoms with Crippen LogP contribution in [0.5, 0.6) is 0 Å². The van der Waals surface area contributed by atoms with Crippen LogP contribution in [0, 0.1) is 0 Å². The Kier molecular flexibility index (Phi) is 7.69. The Morgan fingerprint density at radius 1 is 1.32 bits per heavy atom. The number of halogens is 1. The van der Waals surface area contributed by atoms with E-state index in [9.17, 15) is 4.79 Å². The highest BCUT2D eigenvalue weighted by Gasteiger charge is 2.47. The van der Waals surface area contributed by atoms with Crippen molar-refractivity contribution in [3.63, 3.8) is 0 Å². The van der Waals surface area contributed by atoms with Crippen LogP contribution < -0.4 is 10.2 Å². The SMILES string of the molecule is CN(C(=S)NCCC[NH+]1CCOCC1)[C@]1(c2ccccc2Cl)CCCCC1=O. The van der Waals surface area contributed by atoms with Crippen LogP contribution in [-0.2, 0) is 15.1 Å². The Morgan fingerprint density at radius 3 is 2.79 bits per heavy atom. The van der Waals surface area contributed by atoms with Crippen molar-refractivity contribution >= 4 is 34.7 Å². The zero-order chi connectivity index (χ0) is 20.0. The van der Waals surface area contributed by atoms with Crippen molar-refractivity contribution in [2.45, 2.75) is 37.6 Å². The van der Waals surface area contributed by atoms with Crippen LogP contribution >= 0.6 is 23.8 Å². The van der Waals surface area contributed by atoms with Crippen LogP contribution in [0.15, 0.2) is 24.3 Å². The summed E-state index contributed by atoms with van der Waals surface area (Å²) >= 11 is 12.2. The molecule has 1 aromatic rings. The average Bonchev–Trinajstić information content (AvgIpc) is 2.72. The van der Waals surface area contributed by atoms with Gasteiger partial charge < -0.3 is 19.9 Å². The number of nitrogens with one attached hydrogen (secondary N) is 2. The van der Waals surface area contributed by atoms with Crippen LogP contribution in [0.4, 0.5) is 0 Å². The fraction of sp³-hybridized carbons (Fsp3) is 0.619. The van der Waals surface area contributed by atoms with Gasteiger partial charge in [0.25, 0.3) is 0 Å². The molecule has 5 nitrogen and oxygen atoms in total. The Hall–Kier alpha value is -1.21. The summed E-state index contributed by atoms with van der Waals surface area (Å²) in [5.74, 6) is 0.205. The summed E-state index contributed by atoms with van der Waals surface area (Å²) in [5.41, 5.74) is 0.0987. The molecule has 1 atom stereocenters. The van der Waals surface area contributed by atoms with Gasteiger partial charge in [-0.25, -0.2) is 0 Å². The van der Waals surface area contributed by atoms with Crippen molar-refractivity contribution < 1.29 is 14.4 Å². The molecular weight excluding hydrogens is 394 g/mol. The minimum Gasteiger partial charge on any atom is -0.370 e. The van der Waals surface area contributed by atoms with E-state index in [1.165, 1.54) is 0 Å². The third kappa shape index (κ3) is 4.67. The molecule has 0 radical (unpaired) electrons. The molecule has 0 bridgehead atoms. The number of ether oxygens (including phenoxy) is 1. The number of morpholine rings is 1. The van der Waals surface area contributed by atoms with Gasteiger partial charge in [0.1, 0.15) is 18.6 Å². The fourth-order valence-electron chi connectivity index (χ4n) is 4.37. The lowest BCUT2D eigenvalue weighted by atomic mass is 9.74. The number of quaternary nitrogens is 1. The van der Waals surface area contributed by atoms with Gasteiger partial charge in [-0.1, -0.05) is 29.8 Å². The summed E-state index contributed by atoms with van der Waals surface area (Å²) in [5, 5.41) is 4.62. The molecule has 0 unspecified atom stereocenters. The van der Waals surface area contributed by atoms with E-state index in [1.54, 1.807) is 4.90 Å². The number of hydrogen-bond acceptors (Lipinski definition) is 3. The van der Waals surface area contributed by atoms with Crippen LogP contribution in [0.3, 0.4) is 0 Å². The normalized spacial score (nSPS) is 23.4. The minimum absolute atomic E-state index is 0.205. The Labute approximate surface area is 178 Å². The van der Waals surface area contributed by atoms with E-state index in [0.29, 0.717) is 16.6 Å². The predicted octanol–water partition coefficient (Wildman–Crippen LogP) is 1.79. The first-order valence-corrected chi connectivity index (χ1v) is 11.1. The first kappa shape index (κ1) is 21.5. The molecule has 0 amide bonds. The van der Waals surface area contributed by atoms with Gasteiger partial charge in [-0.2, -0.15) is 0 Å². The first-order valence-electron chi connectivity index (χ1n) is 10.3. The van der Waals surface area contributed by atoms with E-state index in [4.69, 9.17) is 28.6 Å². The van der Waals surface area contributed by atoms with Crippen molar-refractivity contribution in [1.29, 1.82) is 0 Å². The van der Waals surface area contributed by atoms with Gasteiger partial charge in [-0.05, 0) is 37.5 Å². The third-order valence-electron chi connectivity index (χ3n) is 6.03. The largest absolute Gasteiger partial charge is 0.370 e. The molecule has 1 saturated heterocycles. The van der Waals surface area contributed by atoms with Crippen LogP contribution in [0.1, 0.15) is 37.7 Å². The van der Waals surface area contributed by atoms with Crippen LogP contribution in [0.25, 0.3) is 0 Å². The molecule has 1 aliphatic heterocycles. The number of ketones is 1. The number of hydrogen-bond donors (Lipinski definition) is 2. The molecule has 2 fully saturated rings. The summed E-state index contributed by atoms with van der Waals surface area (Å²) in [7, 11) is 1.93. The van der Waals surface area contributed by atoms with E-state index in [-0.39, 0.29) is 5.78 Å². The maximum absolute atomic E-state index is 13.1. The Bertz CT molecular complexity index is 696. The van der Waals surface area contributed by atoms with E-state index < -0.39 is 5.54 Å². The molecule has 2 N–H and O–H groups in total. The van der Waals surface area contributed by atoms with Crippen LogP contribution in [-0.4, -0.2) is 62.2 Å². The summed E-state index contributed by atoms with van der Waals surface area (Å²) in [6.45, 7) is 5.78. The number of rotatable bonds is 6. The van der Waals surface area contributed by atoms with Gasteiger partial charge in [-0.3, -0.25) is 4.79 Å². The molecule has 1 aromatic carbocycles. The smallest absolute Gasteiger partial charge is 0.169 e. The van der Waals surface area contributed by atoms with Crippen molar-refractivity contribution in [1.82, 2.24) is 10.2 Å². The number of nitrogens with zero attached hydrogens (tertiary/aromatic N) is 1. The van der Waals surface area contributed by atoms with Crippen molar-refractivity contribution in [2.24, 2.45) is 0 Å². The predicted molar refractivity (Wildman–Crippen MR) is 116 cm³/mol. The molecule has 1 saturated carbocycles. The maximum atomic E-state index is 13.1. The fourth-order valence-corrected chi connectivity index (χ4v) is 4.92. The van der Waals surface area contributed by atoms with Gasteiger partial charge in [0, 0.05) is 37.0 Å². The van der Waals surface area contributed by atoms with Crippen molar-refractivity contribution in [3.8, 4) is 0 Å². The lowest BCUT2D eigenvalue weighted by molar-refractivity contribution is -0.908. The van der Waals surface area contributed by atoms with E-state index in [0.717, 1.165) is 70.6 Å². The van der Waals surface area contributed by atoms with Gasteiger partial charge in [-0.15, -0.1) is 0 Å². The number of carbonyl (C=O) groups is 1. The van der Waals surface area contributed by atoms with E-state index in [2.05, 4.69) is 5.32 Å². The highest BCUT2D eigenvalue weighted by atomic mass is 35.5. The maximum Gasteiger partial charge on any atom is 0.169 e. The monoisotopic (exact) mass is 424 g/mol. The molecular formula is C21H31ClN3O2S+. The summed E-state index contributed by atoms with van der Waals surface area (Å²) in [6, 6.07) is 7.67. The molecule has 1 heterocycles. The number of likely N-dealkylation sites (N-methyl/N-ethyl adjacent to an activating group) is 1. The topological polar surface area (TPSA) is 46.0 Å². The quantitative estimate of drug-likeness (QED) is 0.538. The lowest BCUT2D eigenvalue weighted by Gasteiger charge is -2.45. The average molecular weight is 425 g/mol. The molecule has 0 spiro atoms. The highest BCUT2D eigenvalue weighted by Crippen LogP contribution is 2.42. The van der Waals surface area contributed by atoms with Crippen molar-refractivity contribution in [3.05, 3.63) is 34.9 Å². The van der Waals surface area contributed by atoms with Gasteiger partial charge in [0.15, 0.2) is 10.9 Å².